The van der Waals surface area contributed by atoms with Crippen molar-refractivity contribution >= 4 is 28.2 Å². The third-order valence-corrected chi connectivity index (χ3v) is 7.07. The molecule has 1 saturated heterocycles. The molecular weight excluding hydrogens is 362 g/mol. The number of amides is 2. The highest BCUT2D eigenvalue weighted by atomic mass is 32.1. The molecule has 0 radical (unpaired) electrons. The summed E-state index contributed by atoms with van der Waals surface area (Å²) in [5.41, 5.74) is 0.0674. The minimum absolute atomic E-state index is 0.0369. The number of thiophene rings is 1. The van der Waals surface area contributed by atoms with Gasteiger partial charge in [-0.3, -0.25) is 14.5 Å². The zero-order chi connectivity index (χ0) is 18.7. The second-order valence-electron chi connectivity index (χ2n) is 7.99. The molecule has 7 heteroatoms. The molecule has 3 aliphatic rings. The van der Waals surface area contributed by atoms with E-state index in [1.54, 1.807) is 0 Å². The molecule has 0 aromatic carbocycles. The summed E-state index contributed by atoms with van der Waals surface area (Å²) in [7, 11) is 0. The summed E-state index contributed by atoms with van der Waals surface area (Å²) in [6.45, 7) is 4.15. The Balaban J connectivity index is 1.36. The Bertz CT molecular complexity index is 674. The van der Waals surface area contributed by atoms with Crippen LogP contribution in [0.15, 0.2) is 12.1 Å². The van der Waals surface area contributed by atoms with Crippen molar-refractivity contribution in [3.8, 4) is 0 Å². The van der Waals surface area contributed by atoms with E-state index < -0.39 is 0 Å². The molecule has 6 nitrogen and oxygen atoms in total. The Labute approximate surface area is 164 Å². The average molecular weight is 392 g/mol. The Kier molecular flexibility index (Phi) is 5.80. The van der Waals surface area contributed by atoms with Crippen LogP contribution in [0.2, 0.25) is 0 Å². The second-order valence-corrected chi connectivity index (χ2v) is 9.08. The third kappa shape index (κ3) is 4.52. The van der Waals surface area contributed by atoms with Crippen molar-refractivity contribution in [2.24, 2.45) is 5.92 Å². The molecule has 0 unspecified atom stereocenters. The van der Waals surface area contributed by atoms with Gasteiger partial charge in [0.2, 0.25) is 5.91 Å². The van der Waals surface area contributed by atoms with Crippen LogP contribution >= 0.6 is 11.3 Å². The molecule has 1 aliphatic heterocycles. The molecule has 2 N–H and O–H groups in total. The number of ether oxygens (including phenoxy) is 1. The first-order valence-corrected chi connectivity index (χ1v) is 11.0. The third-order valence-electron chi connectivity index (χ3n) is 6.07. The van der Waals surface area contributed by atoms with Gasteiger partial charge in [-0.05, 0) is 37.8 Å². The maximum absolute atomic E-state index is 12.7. The Morgan fingerprint density at radius 2 is 1.89 bits per heavy atom. The largest absolute Gasteiger partial charge is 0.379 e. The van der Waals surface area contributed by atoms with E-state index in [1.165, 1.54) is 30.6 Å². The van der Waals surface area contributed by atoms with Gasteiger partial charge in [0.25, 0.3) is 5.91 Å². The van der Waals surface area contributed by atoms with Crippen LogP contribution in [-0.4, -0.2) is 55.1 Å². The number of carbonyl (C=O) groups is 2. The summed E-state index contributed by atoms with van der Waals surface area (Å²) in [5.74, 6) is 0.214. The lowest BCUT2D eigenvalue weighted by Gasteiger charge is -2.48. The highest BCUT2D eigenvalue weighted by Gasteiger charge is 2.39. The number of nitrogens with zero attached hydrogens (tertiary/aromatic N) is 1. The maximum Gasteiger partial charge on any atom is 0.261 e. The quantitative estimate of drug-likeness (QED) is 0.782. The maximum atomic E-state index is 12.7. The van der Waals surface area contributed by atoms with Crippen molar-refractivity contribution in [3.05, 3.63) is 17.0 Å². The molecule has 4 rings (SSSR count). The highest BCUT2D eigenvalue weighted by Crippen LogP contribution is 2.34. The van der Waals surface area contributed by atoms with E-state index in [9.17, 15) is 9.59 Å². The van der Waals surface area contributed by atoms with Gasteiger partial charge >= 0.3 is 0 Å². The fraction of sp³-hybridized carbons (Fsp3) is 0.700. The van der Waals surface area contributed by atoms with Crippen molar-refractivity contribution in [2.45, 2.75) is 50.5 Å². The molecular formula is C20H29N3O3S. The zero-order valence-corrected chi connectivity index (χ0v) is 16.6. The van der Waals surface area contributed by atoms with Gasteiger partial charge in [-0.1, -0.05) is 19.3 Å². The molecule has 3 fully saturated rings. The van der Waals surface area contributed by atoms with Crippen molar-refractivity contribution in [2.75, 3.05) is 38.2 Å². The summed E-state index contributed by atoms with van der Waals surface area (Å²) in [5, 5.41) is 6.87. The fourth-order valence-corrected chi connectivity index (χ4v) is 5.11. The Hall–Kier alpha value is -1.44. The van der Waals surface area contributed by atoms with Crippen molar-refractivity contribution in [1.82, 2.24) is 10.2 Å². The van der Waals surface area contributed by atoms with Gasteiger partial charge in [0.05, 0.1) is 23.1 Å². The fourth-order valence-electron chi connectivity index (χ4n) is 4.28. The van der Waals surface area contributed by atoms with Crippen LogP contribution in [0.1, 0.15) is 54.6 Å². The molecule has 148 valence electrons. The predicted molar refractivity (Wildman–Crippen MR) is 106 cm³/mol. The summed E-state index contributed by atoms with van der Waals surface area (Å²) >= 11 is 1.36. The molecule has 2 amide bonds. The smallest absolute Gasteiger partial charge is 0.261 e. The van der Waals surface area contributed by atoms with E-state index in [-0.39, 0.29) is 23.3 Å². The standard InChI is InChI=1S/C20H29N3O3S/c24-18(15-4-5-15)22-17-7-6-16(27-17)19(25)21-14-20(8-2-1-3-9-20)23-10-12-26-13-11-23/h6-7,15H,1-5,8-14H2,(H,21,25)(H,22,24). The number of morpholine rings is 1. The summed E-state index contributed by atoms with van der Waals surface area (Å²) in [4.78, 5) is 27.8. The van der Waals surface area contributed by atoms with Gasteiger partial charge in [0, 0.05) is 31.1 Å². The van der Waals surface area contributed by atoms with Crippen molar-refractivity contribution in [3.63, 3.8) is 0 Å². The predicted octanol–water partition coefficient (Wildman–Crippen LogP) is 2.86. The van der Waals surface area contributed by atoms with Crippen LogP contribution in [0, 0.1) is 5.92 Å². The van der Waals surface area contributed by atoms with E-state index in [4.69, 9.17) is 4.74 Å². The SMILES string of the molecule is O=C(NCC1(N2CCOCC2)CCCCC1)c1ccc(NC(=O)C2CC2)s1. The van der Waals surface area contributed by atoms with E-state index >= 15 is 0 Å². The molecule has 2 aliphatic carbocycles. The van der Waals surface area contributed by atoms with Crippen LogP contribution in [0.4, 0.5) is 5.00 Å². The van der Waals surface area contributed by atoms with Gasteiger partial charge in [-0.15, -0.1) is 11.3 Å². The molecule has 0 spiro atoms. The summed E-state index contributed by atoms with van der Waals surface area (Å²) in [6.07, 6.45) is 7.98. The Morgan fingerprint density at radius 3 is 2.59 bits per heavy atom. The molecule has 27 heavy (non-hydrogen) atoms. The van der Waals surface area contributed by atoms with Crippen LogP contribution in [0.25, 0.3) is 0 Å². The highest BCUT2D eigenvalue weighted by molar-refractivity contribution is 7.18. The number of nitrogens with one attached hydrogen (secondary N) is 2. The zero-order valence-electron chi connectivity index (χ0n) is 15.8. The van der Waals surface area contributed by atoms with Gasteiger partial charge in [-0.25, -0.2) is 0 Å². The summed E-state index contributed by atoms with van der Waals surface area (Å²) < 4.78 is 5.52. The van der Waals surface area contributed by atoms with E-state index in [0.29, 0.717) is 11.4 Å². The van der Waals surface area contributed by atoms with Crippen LogP contribution in [0.3, 0.4) is 0 Å². The van der Waals surface area contributed by atoms with Crippen LogP contribution < -0.4 is 10.6 Å². The first kappa shape index (κ1) is 18.9. The monoisotopic (exact) mass is 391 g/mol. The molecule has 1 aromatic heterocycles. The van der Waals surface area contributed by atoms with Gasteiger partial charge < -0.3 is 15.4 Å². The molecule has 2 saturated carbocycles. The molecule has 0 atom stereocenters. The van der Waals surface area contributed by atoms with Crippen molar-refractivity contribution < 1.29 is 14.3 Å². The number of hydrogen-bond donors (Lipinski definition) is 2. The van der Waals surface area contributed by atoms with E-state index in [0.717, 1.165) is 57.0 Å². The van der Waals surface area contributed by atoms with Gasteiger partial charge in [0.1, 0.15) is 0 Å². The van der Waals surface area contributed by atoms with Gasteiger partial charge in [0.15, 0.2) is 0 Å². The lowest BCUT2D eigenvalue weighted by atomic mass is 9.79. The molecule has 0 bridgehead atoms. The first-order valence-electron chi connectivity index (χ1n) is 10.2. The Morgan fingerprint density at radius 1 is 1.15 bits per heavy atom. The molecule has 1 aromatic rings. The minimum Gasteiger partial charge on any atom is -0.379 e. The number of rotatable bonds is 6. The first-order chi connectivity index (χ1) is 13.2. The average Bonchev–Trinajstić information content (AvgIpc) is 3.47. The van der Waals surface area contributed by atoms with Crippen molar-refractivity contribution in [1.29, 1.82) is 0 Å². The van der Waals surface area contributed by atoms with Crippen LogP contribution in [-0.2, 0) is 9.53 Å². The topological polar surface area (TPSA) is 70.7 Å². The summed E-state index contributed by atoms with van der Waals surface area (Å²) in [6, 6.07) is 3.64. The van der Waals surface area contributed by atoms with E-state index in [1.807, 2.05) is 12.1 Å². The lowest BCUT2D eigenvalue weighted by Crippen LogP contribution is -2.59. The van der Waals surface area contributed by atoms with Crippen LogP contribution in [0.5, 0.6) is 0 Å². The van der Waals surface area contributed by atoms with Gasteiger partial charge in [-0.2, -0.15) is 0 Å². The lowest BCUT2D eigenvalue weighted by molar-refractivity contribution is -0.117. The normalized spacial score (nSPS) is 23.0. The number of carbonyl (C=O) groups excluding carboxylic acids is 2. The minimum atomic E-state index is -0.0369. The molecule has 2 heterocycles. The van der Waals surface area contributed by atoms with E-state index in [2.05, 4.69) is 15.5 Å². The second kappa shape index (κ2) is 8.29. The number of hydrogen-bond acceptors (Lipinski definition) is 5. The number of anilines is 1.